The van der Waals surface area contributed by atoms with Crippen LogP contribution in [0.1, 0.15) is 75.3 Å². The molecule has 186 valence electrons. The van der Waals surface area contributed by atoms with Crippen molar-refractivity contribution in [2.75, 3.05) is 6.61 Å². The molecule has 2 aromatic rings. The number of ether oxygens (including phenoxy) is 1. The highest BCUT2D eigenvalue weighted by Gasteiger charge is 2.36. The third-order valence-electron chi connectivity index (χ3n) is 7.38. The van der Waals surface area contributed by atoms with E-state index in [1.807, 2.05) is 31.2 Å². The van der Waals surface area contributed by atoms with Gasteiger partial charge in [-0.1, -0.05) is 74.7 Å². The molecule has 0 unspecified atom stereocenters. The number of carboxylic acids is 1. The van der Waals surface area contributed by atoms with Gasteiger partial charge in [-0.2, -0.15) is 0 Å². The van der Waals surface area contributed by atoms with Crippen molar-refractivity contribution in [3.05, 3.63) is 59.7 Å². The van der Waals surface area contributed by atoms with Crippen LogP contribution in [0.25, 0.3) is 11.1 Å². The van der Waals surface area contributed by atoms with E-state index >= 15 is 0 Å². The summed E-state index contributed by atoms with van der Waals surface area (Å²) >= 11 is 0. The smallest absolute Gasteiger partial charge is 0.407 e. The van der Waals surface area contributed by atoms with Crippen molar-refractivity contribution in [1.29, 1.82) is 0 Å². The van der Waals surface area contributed by atoms with Gasteiger partial charge in [0.25, 0.3) is 0 Å². The summed E-state index contributed by atoms with van der Waals surface area (Å²) in [7, 11) is 0. The molecule has 1 atom stereocenters. The Morgan fingerprint density at radius 1 is 1.00 bits per heavy atom. The maximum atomic E-state index is 13.1. The zero-order valence-electron chi connectivity index (χ0n) is 20.2. The lowest BCUT2D eigenvalue weighted by Crippen LogP contribution is -2.56. The Balaban J connectivity index is 1.37. The molecule has 1 saturated carbocycles. The van der Waals surface area contributed by atoms with Gasteiger partial charge < -0.3 is 20.5 Å². The molecule has 3 N–H and O–H groups in total. The first-order chi connectivity index (χ1) is 16.9. The average molecular weight is 479 g/mol. The quantitative estimate of drug-likeness (QED) is 0.471. The normalized spacial score (nSPS) is 17.1. The third-order valence-corrected chi connectivity index (χ3v) is 7.38. The van der Waals surface area contributed by atoms with Gasteiger partial charge in [0.1, 0.15) is 12.6 Å². The van der Waals surface area contributed by atoms with E-state index in [0.29, 0.717) is 12.8 Å². The molecule has 0 aliphatic heterocycles. The summed E-state index contributed by atoms with van der Waals surface area (Å²) in [6.07, 6.45) is 4.70. The number of nitrogens with one attached hydrogen (secondary N) is 2. The summed E-state index contributed by atoms with van der Waals surface area (Å²) in [4.78, 5) is 36.9. The Hall–Kier alpha value is -3.35. The van der Waals surface area contributed by atoms with E-state index in [4.69, 9.17) is 9.84 Å². The second-order valence-corrected chi connectivity index (χ2v) is 9.65. The fraction of sp³-hybridized carbons (Fsp3) is 0.464. The average Bonchev–Trinajstić information content (AvgIpc) is 3.19. The van der Waals surface area contributed by atoms with Gasteiger partial charge in [0.05, 0.1) is 0 Å². The molecular formula is C28H34N2O5. The minimum Gasteiger partial charge on any atom is -0.481 e. The van der Waals surface area contributed by atoms with Gasteiger partial charge >= 0.3 is 12.1 Å². The summed E-state index contributed by atoms with van der Waals surface area (Å²) < 4.78 is 5.61. The molecular weight excluding hydrogens is 444 g/mol. The van der Waals surface area contributed by atoms with Crippen molar-refractivity contribution < 1.29 is 24.2 Å². The van der Waals surface area contributed by atoms with E-state index in [-0.39, 0.29) is 24.9 Å². The molecule has 0 radical (unpaired) electrons. The van der Waals surface area contributed by atoms with Crippen molar-refractivity contribution in [1.82, 2.24) is 10.6 Å². The topological polar surface area (TPSA) is 105 Å². The van der Waals surface area contributed by atoms with Gasteiger partial charge in [-0.25, -0.2) is 4.79 Å². The van der Waals surface area contributed by atoms with Crippen LogP contribution in [0.2, 0.25) is 0 Å². The van der Waals surface area contributed by atoms with Gasteiger partial charge in [0.15, 0.2) is 0 Å². The maximum Gasteiger partial charge on any atom is 0.407 e. The molecule has 7 heteroatoms. The number of carbonyl (C=O) groups excluding carboxylic acids is 2. The largest absolute Gasteiger partial charge is 0.481 e. The van der Waals surface area contributed by atoms with E-state index in [0.717, 1.165) is 54.4 Å². The van der Waals surface area contributed by atoms with Gasteiger partial charge in [0, 0.05) is 17.9 Å². The SMILES string of the molecule is CC[C@@H](NC(=O)OCC1c2ccccc2-c2ccccc21)C(=O)NC1(CCC(=O)O)CCCCC1. The monoisotopic (exact) mass is 478 g/mol. The highest BCUT2D eigenvalue weighted by Crippen LogP contribution is 2.44. The summed E-state index contributed by atoms with van der Waals surface area (Å²) in [6.45, 7) is 2.01. The predicted octanol–water partition coefficient (Wildman–Crippen LogP) is 4.99. The van der Waals surface area contributed by atoms with Crippen LogP contribution in [0.15, 0.2) is 48.5 Å². The fourth-order valence-corrected chi connectivity index (χ4v) is 5.50. The summed E-state index contributed by atoms with van der Waals surface area (Å²) in [5.74, 6) is -1.20. The van der Waals surface area contributed by atoms with Crippen molar-refractivity contribution >= 4 is 18.0 Å². The van der Waals surface area contributed by atoms with E-state index in [1.54, 1.807) is 0 Å². The first kappa shape index (κ1) is 24.8. The fourth-order valence-electron chi connectivity index (χ4n) is 5.50. The number of aliphatic carboxylic acids is 1. The first-order valence-electron chi connectivity index (χ1n) is 12.6. The van der Waals surface area contributed by atoms with Crippen LogP contribution in [0.3, 0.4) is 0 Å². The molecule has 0 bridgehead atoms. The Kier molecular flexibility index (Phi) is 7.73. The van der Waals surface area contributed by atoms with Crippen molar-refractivity contribution in [2.45, 2.75) is 75.8 Å². The molecule has 0 aromatic heterocycles. The Morgan fingerprint density at radius 3 is 2.17 bits per heavy atom. The van der Waals surface area contributed by atoms with Gasteiger partial charge in [-0.05, 0) is 47.9 Å². The molecule has 1 fully saturated rings. The minimum atomic E-state index is -0.868. The van der Waals surface area contributed by atoms with Crippen molar-refractivity contribution in [2.24, 2.45) is 0 Å². The number of alkyl carbamates (subject to hydrolysis) is 1. The molecule has 4 rings (SSSR count). The zero-order chi connectivity index (χ0) is 24.8. The molecule has 2 aromatic carbocycles. The number of benzene rings is 2. The van der Waals surface area contributed by atoms with Crippen LogP contribution < -0.4 is 10.6 Å². The van der Waals surface area contributed by atoms with Crippen molar-refractivity contribution in [3.63, 3.8) is 0 Å². The molecule has 0 heterocycles. The van der Waals surface area contributed by atoms with Gasteiger partial charge in [-0.3, -0.25) is 9.59 Å². The van der Waals surface area contributed by atoms with Crippen LogP contribution in [0.4, 0.5) is 4.79 Å². The van der Waals surface area contributed by atoms with Crippen LogP contribution >= 0.6 is 0 Å². The number of carboxylic acid groups (broad SMARTS) is 1. The van der Waals surface area contributed by atoms with Crippen LogP contribution in [-0.2, 0) is 14.3 Å². The molecule has 2 aliphatic rings. The molecule has 2 amide bonds. The molecule has 7 nitrogen and oxygen atoms in total. The van der Waals surface area contributed by atoms with Crippen LogP contribution in [0, 0.1) is 0 Å². The minimum absolute atomic E-state index is 0.0108. The van der Waals surface area contributed by atoms with Crippen molar-refractivity contribution in [3.8, 4) is 11.1 Å². The standard InChI is InChI=1S/C28H34N2O5/c1-2-24(26(33)30-28(17-14-25(31)32)15-8-3-9-16-28)29-27(34)35-18-23-21-12-6-4-10-19(21)20-11-5-7-13-22(20)23/h4-7,10-13,23-24H,2-3,8-9,14-18H2,1H3,(H,29,34)(H,30,33)(H,31,32)/t24-/m1/s1. The lowest BCUT2D eigenvalue weighted by atomic mass is 9.78. The summed E-state index contributed by atoms with van der Waals surface area (Å²) in [5.41, 5.74) is 4.04. The Labute approximate surface area is 206 Å². The highest BCUT2D eigenvalue weighted by molar-refractivity contribution is 5.86. The summed E-state index contributed by atoms with van der Waals surface area (Å²) in [5, 5.41) is 15.0. The lowest BCUT2D eigenvalue weighted by Gasteiger charge is -2.39. The molecule has 0 saturated heterocycles. The second kappa shape index (κ2) is 10.9. The molecule has 35 heavy (non-hydrogen) atoms. The number of fused-ring (bicyclic) bond motifs is 3. The number of amides is 2. The number of rotatable bonds is 9. The first-order valence-corrected chi connectivity index (χ1v) is 12.6. The van der Waals surface area contributed by atoms with E-state index < -0.39 is 23.6 Å². The Morgan fingerprint density at radius 2 is 1.60 bits per heavy atom. The molecule has 0 spiro atoms. The number of hydrogen-bond acceptors (Lipinski definition) is 4. The van der Waals surface area contributed by atoms with Gasteiger partial charge in [-0.15, -0.1) is 0 Å². The lowest BCUT2D eigenvalue weighted by molar-refractivity contribution is -0.138. The van der Waals surface area contributed by atoms with Crippen LogP contribution in [0.5, 0.6) is 0 Å². The van der Waals surface area contributed by atoms with E-state index in [1.165, 1.54) is 0 Å². The number of carbonyl (C=O) groups is 3. The third kappa shape index (κ3) is 5.66. The van der Waals surface area contributed by atoms with Crippen LogP contribution in [-0.4, -0.2) is 41.3 Å². The second-order valence-electron chi connectivity index (χ2n) is 9.65. The highest BCUT2D eigenvalue weighted by atomic mass is 16.5. The van der Waals surface area contributed by atoms with E-state index in [2.05, 4.69) is 34.9 Å². The summed E-state index contributed by atoms with van der Waals surface area (Å²) in [6, 6.07) is 15.5. The van der Waals surface area contributed by atoms with Gasteiger partial charge in [0.2, 0.25) is 5.91 Å². The maximum absolute atomic E-state index is 13.1. The predicted molar refractivity (Wildman–Crippen MR) is 133 cm³/mol. The zero-order valence-corrected chi connectivity index (χ0v) is 20.2. The Bertz CT molecular complexity index is 1030. The van der Waals surface area contributed by atoms with E-state index in [9.17, 15) is 14.4 Å². The molecule has 2 aliphatic carbocycles. The number of hydrogen-bond donors (Lipinski definition) is 3.